The van der Waals surface area contributed by atoms with Crippen LogP contribution >= 0.6 is 11.8 Å². The van der Waals surface area contributed by atoms with Gasteiger partial charge in [0.25, 0.3) is 0 Å². The molecule has 0 unspecified atom stereocenters. The van der Waals surface area contributed by atoms with Crippen molar-refractivity contribution in [3.63, 3.8) is 0 Å². The second-order valence-corrected chi connectivity index (χ2v) is 6.01. The molecule has 0 spiro atoms. The van der Waals surface area contributed by atoms with Gasteiger partial charge in [-0.15, -0.1) is 13.2 Å². The van der Waals surface area contributed by atoms with E-state index in [4.69, 9.17) is 16.7 Å². The SMILES string of the molecule is NN/C(C(=O)O)=C(\N)Sc1cccc(-c2ccc(OC(F)(F)F)cc2)c1. The van der Waals surface area contributed by atoms with E-state index in [1.165, 1.54) is 24.3 Å². The molecule has 0 heterocycles. The number of halogens is 3. The van der Waals surface area contributed by atoms with Crippen LogP contribution in [0, 0.1) is 0 Å². The molecular weight excluding hydrogens is 371 g/mol. The molecule has 6 N–H and O–H groups in total. The van der Waals surface area contributed by atoms with Gasteiger partial charge in [-0.05, 0) is 35.4 Å². The first-order valence-corrected chi connectivity index (χ1v) is 7.85. The third kappa shape index (κ3) is 5.33. The summed E-state index contributed by atoms with van der Waals surface area (Å²) < 4.78 is 40.4. The van der Waals surface area contributed by atoms with Gasteiger partial charge in [0.2, 0.25) is 0 Å². The minimum Gasteiger partial charge on any atom is -0.476 e. The number of carbonyl (C=O) groups is 1. The molecule has 2 rings (SSSR count). The Bertz CT molecular complexity index is 823. The van der Waals surface area contributed by atoms with Crippen molar-refractivity contribution in [3.05, 3.63) is 59.3 Å². The zero-order valence-corrected chi connectivity index (χ0v) is 13.9. The summed E-state index contributed by atoms with van der Waals surface area (Å²) in [5.74, 6) is 3.52. The lowest BCUT2D eigenvalue weighted by Crippen LogP contribution is -2.29. The van der Waals surface area contributed by atoms with Crippen molar-refractivity contribution in [2.24, 2.45) is 11.6 Å². The van der Waals surface area contributed by atoms with Gasteiger partial charge in [-0.3, -0.25) is 5.84 Å². The average molecular weight is 385 g/mol. The average Bonchev–Trinajstić information content (AvgIpc) is 2.54. The van der Waals surface area contributed by atoms with Gasteiger partial charge in [0.1, 0.15) is 10.8 Å². The van der Waals surface area contributed by atoms with E-state index >= 15 is 0 Å². The van der Waals surface area contributed by atoms with Crippen LogP contribution in [0.15, 0.2) is 64.2 Å². The van der Waals surface area contributed by atoms with Gasteiger partial charge >= 0.3 is 12.3 Å². The summed E-state index contributed by atoms with van der Waals surface area (Å²) >= 11 is 0.985. The van der Waals surface area contributed by atoms with Crippen molar-refractivity contribution >= 4 is 17.7 Å². The van der Waals surface area contributed by atoms with E-state index < -0.39 is 12.3 Å². The summed E-state index contributed by atoms with van der Waals surface area (Å²) in [5.41, 5.74) is 8.77. The van der Waals surface area contributed by atoms with Gasteiger partial charge in [0.05, 0.1) is 0 Å². The number of hydrogen-bond donors (Lipinski definition) is 4. The molecule has 0 saturated carbocycles. The highest BCUT2D eigenvalue weighted by molar-refractivity contribution is 8.03. The van der Waals surface area contributed by atoms with Crippen LogP contribution in [0.5, 0.6) is 5.75 Å². The van der Waals surface area contributed by atoms with Crippen molar-refractivity contribution in [2.75, 3.05) is 0 Å². The molecule has 0 saturated heterocycles. The Morgan fingerprint density at radius 2 is 1.77 bits per heavy atom. The summed E-state index contributed by atoms with van der Waals surface area (Å²) in [7, 11) is 0. The predicted molar refractivity (Wildman–Crippen MR) is 90.6 cm³/mol. The molecule has 0 aliphatic heterocycles. The highest BCUT2D eigenvalue weighted by Gasteiger charge is 2.30. The zero-order chi connectivity index (χ0) is 19.3. The molecule has 0 fully saturated rings. The third-order valence-corrected chi connectivity index (χ3v) is 4.00. The van der Waals surface area contributed by atoms with Gasteiger partial charge in [0, 0.05) is 4.90 Å². The van der Waals surface area contributed by atoms with Crippen LogP contribution in [-0.2, 0) is 4.79 Å². The van der Waals surface area contributed by atoms with Gasteiger partial charge in [-0.2, -0.15) is 0 Å². The van der Waals surface area contributed by atoms with E-state index in [9.17, 15) is 18.0 Å². The fourth-order valence-electron chi connectivity index (χ4n) is 2.00. The van der Waals surface area contributed by atoms with Crippen molar-refractivity contribution in [3.8, 4) is 16.9 Å². The maximum Gasteiger partial charge on any atom is 0.573 e. The number of hydrogen-bond acceptors (Lipinski definition) is 6. The van der Waals surface area contributed by atoms with Crippen LogP contribution in [0.4, 0.5) is 13.2 Å². The van der Waals surface area contributed by atoms with Gasteiger partial charge in [-0.25, -0.2) is 4.79 Å². The van der Waals surface area contributed by atoms with E-state index in [0.29, 0.717) is 16.0 Å². The first-order chi connectivity index (χ1) is 12.2. The number of benzene rings is 2. The lowest BCUT2D eigenvalue weighted by Gasteiger charge is -2.10. The highest BCUT2D eigenvalue weighted by atomic mass is 32.2. The summed E-state index contributed by atoms with van der Waals surface area (Å²) in [5, 5.41) is 8.94. The van der Waals surface area contributed by atoms with Crippen molar-refractivity contribution in [1.29, 1.82) is 0 Å². The van der Waals surface area contributed by atoms with Crippen LogP contribution in [-0.4, -0.2) is 17.4 Å². The highest BCUT2D eigenvalue weighted by Crippen LogP contribution is 2.31. The van der Waals surface area contributed by atoms with E-state index in [1.54, 1.807) is 24.3 Å². The molecule has 138 valence electrons. The van der Waals surface area contributed by atoms with Gasteiger partial charge < -0.3 is 21.0 Å². The molecule has 10 heteroatoms. The summed E-state index contributed by atoms with van der Waals surface area (Å²) in [6.45, 7) is 0. The molecule has 26 heavy (non-hydrogen) atoms. The predicted octanol–water partition coefficient (Wildman–Crippen LogP) is 3.02. The number of carboxylic acid groups (broad SMARTS) is 1. The first-order valence-electron chi connectivity index (χ1n) is 7.03. The fourth-order valence-corrected chi connectivity index (χ4v) is 2.84. The fraction of sp³-hybridized carbons (Fsp3) is 0.0625. The molecular formula is C16H14F3N3O3S. The minimum atomic E-state index is -4.75. The number of carboxylic acids is 1. The number of aliphatic carboxylic acids is 1. The Balaban J connectivity index is 2.23. The molecule has 2 aromatic rings. The maximum atomic E-state index is 12.2. The van der Waals surface area contributed by atoms with E-state index in [-0.39, 0.29) is 16.5 Å². The van der Waals surface area contributed by atoms with Gasteiger partial charge in [-0.1, -0.05) is 36.0 Å². The molecule has 0 aliphatic carbocycles. The molecule has 6 nitrogen and oxygen atoms in total. The smallest absolute Gasteiger partial charge is 0.476 e. The van der Waals surface area contributed by atoms with Crippen molar-refractivity contribution in [1.82, 2.24) is 5.43 Å². The lowest BCUT2D eigenvalue weighted by atomic mass is 10.1. The largest absolute Gasteiger partial charge is 0.573 e. The standard InChI is InChI=1S/C16H14F3N3O3S/c17-16(18,19)25-11-6-4-9(5-7-11)10-2-1-3-12(8-10)26-14(20)13(22-21)15(23)24/h1-8,22H,20-21H2,(H,23,24)/b14-13+. The minimum absolute atomic E-state index is 0.0360. The molecule has 0 aromatic heterocycles. The number of rotatable bonds is 6. The molecule has 0 radical (unpaired) electrons. The summed E-state index contributed by atoms with van der Waals surface area (Å²) in [6.07, 6.45) is -4.75. The Hall–Kier alpha value is -2.85. The number of thioether (sulfide) groups is 1. The maximum absolute atomic E-state index is 12.2. The first kappa shape index (κ1) is 19.5. The Kier molecular flexibility index (Phi) is 6.01. The van der Waals surface area contributed by atoms with Crippen LogP contribution in [0.2, 0.25) is 0 Å². The van der Waals surface area contributed by atoms with Crippen LogP contribution in [0.3, 0.4) is 0 Å². The molecule has 0 aliphatic rings. The van der Waals surface area contributed by atoms with Crippen molar-refractivity contribution < 1.29 is 27.8 Å². The summed E-state index contributed by atoms with van der Waals surface area (Å²) in [4.78, 5) is 11.6. The Morgan fingerprint density at radius 1 is 1.12 bits per heavy atom. The van der Waals surface area contributed by atoms with Crippen LogP contribution in [0.1, 0.15) is 0 Å². The number of alkyl halides is 3. The molecule has 0 atom stereocenters. The molecule has 0 amide bonds. The summed E-state index contributed by atoms with van der Waals surface area (Å²) in [6, 6.07) is 12.3. The Labute approximate surface area is 150 Å². The quantitative estimate of drug-likeness (QED) is 0.262. The van der Waals surface area contributed by atoms with E-state index in [0.717, 1.165) is 11.8 Å². The van der Waals surface area contributed by atoms with Crippen LogP contribution < -0.4 is 21.7 Å². The second kappa shape index (κ2) is 8.02. The second-order valence-electron chi connectivity index (χ2n) is 4.89. The molecule has 2 aromatic carbocycles. The lowest BCUT2D eigenvalue weighted by molar-refractivity contribution is -0.274. The number of nitrogens with two attached hydrogens (primary N) is 2. The van der Waals surface area contributed by atoms with Gasteiger partial charge in [0.15, 0.2) is 5.70 Å². The molecule has 0 bridgehead atoms. The normalized spacial score (nSPS) is 12.3. The third-order valence-electron chi connectivity index (χ3n) is 3.09. The number of hydrazine groups is 1. The van der Waals surface area contributed by atoms with E-state index in [1.807, 2.05) is 5.43 Å². The van der Waals surface area contributed by atoms with E-state index in [2.05, 4.69) is 4.74 Å². The Morgan fingerprint density at radius 3 is 2.31 bits per heavy atom. The number of nitrogens with one attached hydrogen (secondary N) is 1. The van der Waals surface area contributed by atoms with Crippen LogP contribution in [0.25, 0.3) is 11.1 Å². The van der Waals surface area contributed by atoms with Crippen molar-refractivity contribution in [2.45, 2.75) is 11.3 Å². The topological polar surface area (TPSA) is 111 Å². The monoisotopic (exact) mass is 385 g/mol. The zero-order valence-electron chi connectivity index (χ0n) is 13.1. The number of ether oxygens (including phenoxy) is 1.